The van der Waals surface area contributed by atoms with E-state index in [2.05, 4.69) is 179 Å². The zero-order valence-corrected chi connectivity index (χ0v) is 35.5. The maximum absolute atomic E-state index is 7.02. The first kappa shape index (κ1) is 37.7. The summed E-state index contributed by atoms with van der Waals surface area (Å²) in [4.78, 5) is 9.86. The van der Waals surface area contributed by atoms with Gasteiger partial charge in [0.15, 0.2) is 0 Å². The average molecular weight is 802 g/mol. The van der Waals surface area contributed by atoms with Crippen LogP contribution in [0.3, 0.4) is 0 Å². The first-order valence-electron chi connectivity index (χ1n) is 21.6. The number of aliphatic imine (C=N–C) groups is 2. The van der Waals surface area contributed by atoms with E-state index in [9.17, 15) is 0 Å². The zero-order valence-electron chi connectivity index (χ0n) is 35.5. The van der Waals surface area contributed by atoms with E-state index in [1.54, 1.807) is 0 Å². The van der Waals surface area contributed by atoms with Crippen molar-refractivity contribution in [2.24, 2.45) is 9.98 Å². The summed E-state index contributed by atoms with van der Waals surface area (Å²) in [5.74, 6) is 0.751. The Labute approximate surface area is 363 Å². The van der Waals surface area contributed by atoms with Gasteiger partial charge in [-0.05, 0) is 104 Å². The molecule has 1 heterocycles. The number of nitrogens with zero attached hydrogens (tertiary/aromatic N) is 2. The molecular formula is C58H47N3O. The minimum absolute atomic E-state index is 0.127. The molecule has 9 aromatic rings. The van der Waals surface area contributed by atoms with Gasteiger partial charge < -0.3 is 9.73 Å². The minimum Gasteiger partial charge on any atom is -0.455 e. The van der Waals surface area contributed by atoms with Crippen molar-refractivity contribution in [2.45, 2.75) is 51.2 Å². The Morgan fingerprint density at radius 1 is 0.548 bits per heavy atom. The second kappa shape index (κ2) is 14.4. The number of amidine groups is 1. The first-order valence-corrected chi connectivity index (χ1v) is 21.6. The van der Waals surface area contributed by atoms with Gasteiger partial charge in [-0.3, -0.25) is 9.98 Å². The highest BCUT2D eigenvalue weighted by atomic mass is 16.3. The summed E-state index contributed by atoms with van der Waals surface area (Å²) in [5.41, 5.74) is 19.6. The lowest BCUT2D eigenvalue weighted by Gasteiger charge is -2.22. The normalized spacial score (nSPS) is 14.9. The van der Waals surface area contributed by atoms with Gasteiger partial charge in [0.05, 0.1) is 6.54 Å². The van der Waals surface area contributed by atoms with Crippen molar-refractivity contribution in [3.63, 3.8) is 0 Å². The van der Waals surface area contributed by atoms with Crippen LogP contribution < -0.4 is 5.32 Å². The van der Waals surface area contributed by atoms with Crippen LogP contribution in [-0.2, 0) is 17.4 Å². The molecule has 62 heavy (non-hydrogen) atoms. The van der Waals surface area contributed by atoms with Gasteiger partial charge in [0.1, 0.15) is 23.2 Å². The smallest absolute Gasteiger partial charge is 0.145 e. The molecule has 1 atom stereocenters. The Kier molecular flexibility index (Phi) is 8.76. The van der Waals surface area contributed by atoms with Crippen LogP contribution >= 0.6 is 0 Å². The fourth-order valence-electron chi connectivity index (χ4n) is 10.2. The van der Waals surface area contributed by atoms with Crippen LogP contribution in [-0.4, -0.2) is 12.6 Å². The third-order valence-electron chi connectivity index (χ3n) is 13.5. The Morgan fingerprint density at radius 3 is 1.79 bits per heavy atom. The van der Waals surface area contributed by atoms with Crippen LogP contribution in [0.5, 0.6) is 0 Å². The molecule has 1 unspecified atom stereocenters. The summed E-state index contributed by atoms with van der Waals surface area (Å²) in [7, 11) is 0. The molecule has 0 saturated heterocycles. The van der Waals surface area contributed by atoms with Crippen LogP contribution in [0.25, 0.3) is 66.4 Å². The SMILES string of the molecule is C=NC(NC(=NCc1ccccc1)c1ccccc1)c1cccc2oc3c(-c4ccc5c(c4)C(C)(C)c4ccccc4-5)cc(-c4ccc5c(c4)C(C)(C)c4ccccc4-5)cc3c12. The van der Waals surface area contributed by atoms with E-state index in [0.717, 1.165) is 61.2 Å². The highest BCUT2D eigenvalue weighted by Gasteiger charge is 2.37. The molecule has 11 rings (SSSR count). The van der Waals surface area contributed by atoms with Crippen molar-refractivity contribution in [3.05, 3.63) is 215 Å². The number of furan rings is 1. The van der Waals surface area contributed by atoms with Gasteiger partial charge in [0, 0.05) is 38.3 Å². The van der Waals surface area contributed by atoms with Crippen LogP contribution in [0, 0.1) is 0 Å². The predicted molar refractivity (Wildman–Crippen MR) is 258 cm³/mol. The van der Waals surface area contributed by atoms with Gasteiger partial charge in [-0.2, -0.15) is 0 Å². The molecule has 0 radical (unpaired) electrons. The summed E-state index contributed by atoms with van der Waals surface area (Å²) >= 11 is 0. The Morgan fingerprint density at radius 2 is 1.13 bits per heavy atom. The standard InChI is InChI=1S/C58H47N3O/c1-57(2)48-24-14-12-21-41(48)43-29-27-38(33-50(43)57)40-31-46(39-28-30-44-42-22-13-15-25-49(42)58(3,4)51(44)34-39)54-47(32-40)53-45(23-16-26-52(53)62-54)56(59-5)61-55(37-19-10-7-11-20-37)60-35-36-17-8-6-9-18-36/h6-34,56H,5,35H2,1-4H3,(H,60,61). The third-order valence-corrected chi connectivity index (χ3v) is 13.5. The molecule has 1 aromatic heterocycles. The lowest BCUT2D eigenvalue weighted by atomic mass is 9.81. The van der Waals surface area contributed by atoms with Crippen molar-refractivity contribution in [1.82, 2.24) is 5.32 Å². The maximum Gasteiger partial charge on any atom is 0.145 e. The molecule has 0 amide bonds. The van der Waals surface area contributed by atoms with E-state index in [1.165, 1.54) is 50.1 Å². The predicted octanol–water partition coefficient (Wildman–Crippen LogP) is 14.5. The monoisotopic (exact) mass is 801 g/mol. The number of rotatable bonds is 8. The Balaban J connectivity index is 1.10. The van der Waals surface area contributed by atoms with Gasteiger partial charge >= 0.3 is 0 Å². The third kappa shape index (κ3) is 5.96. The molecule has 1 N–H and O–H groups in total. The second-order valence-corrected chi connectivity index (χ2v) is 17.8. The Bertz CT molecular complexity index is 3260. The largest absolute Gasteiger partial charge is 0.455 e. The lowest BCUT2D eigenvalue weighted by molar-refractivity contribution is 0.660. The molecule has 300 valence electrons. The number of benzene rings is 8. The second-order valence-electron chi connectivity index (χ2n) is 17.8. The average Bonchev–Trinajstić information content (AvgIpc) is 3.89. The molecule has 4 heteroatoms. The van der Waals surface area contributed by atoms with Crippen LogP contribution in [0.4, 0.5) is 0 Å². The molecule has 2 aliphatic carbocycles. The molecule has 0 aliphatic heterocycles. The van der Waals surface area contributed by atoms with Gasteiger partial charge in [0.2, 0.25) is 0 Å². The van der Waals surface area contributed by atoms with Crippen molar-refractivity contribution >= 4 is 34.5 Å². The summed E-state index contributed by atoms with van der Waals surface area (Å²) in [5, 5.41) is 5.76. The van der Waals surface area contributed by atoms with Gasteiger partial charge in [-0.1, -0.05) is 173 Å². The molecular weight excluding hydrogens is 755 g/mol. The minimum atomic E-state index is -0.514. The van der Waals surface area contributed by atoms with Crippen molar-refractivity contribution < 1.29 is 4.42 Å². The lowest BCUT2D eigenvalue weighted by Crippen LogP contribution is -2.28. The molecule has 0 spiro atoms. The fourth-order valence-corrected chi connectivity index (χ4v) is 10.2. The van der Waals surface area contributed by atoms with Gasteiger partial charge in [-0.25, -0.2) is 0 Å². The summed E-state index contributed by atoms with van der Waals surface area (Å²) < 4.78 is 7.02. The molecule has 4 nitrogen and oxygen atoms in total. The Hall–Kier alpha value is -7.30. The molecule has 2 aliphatic rings. The van der Waals surface area contributed by atoms with E-state index in [-0.39, 0.29) is 10.8 Å². The van der Waals surface area contributed by atoms with Crippen molar-refractivity contribution in [2.75, 3.05) is 0 Å². The van der Waals surface area contributed by atoms with Crippen LogP contribution in [0.2, 0.25) is 0 Å². The maximum atomic E-state index is 7.02. The van der Waals surface area contributed by atoms with Crippen LogP contribution in [0.15, 0.2) is 190 Å². The van der Waals surface area contributed by atoms with E-state index in [1.807, 2.05) is 36.4 Å². The summed E-state index contributed by atoms with van der Waals surface area (Å²) in [6.45, 7) is 14.0. The van der Waals surface area contributed by atoms with Crippen molar-refractivity contribution in [3.8, 4) is 44.5 Å². The molecule has 0 saturated carbocycles. The van der Waals surface area contributed by atoms with E-state index < -0.39 is 6.17 Å². The highest BCUT2D eigenvalue weighted by molar-refractivity contribution is 6.13. The van der Waals surface area contributed by atoms with E-state index in [4.69, 9.17) is 14.4 Å². The topological polar surface area (TPSA) is 49.9 Å². The number of fused-ring (bicyclic) bond motifs is 9. The number of nitrogens with one attached hydrogen (secondary N) is 1. The van der Waals surface area contributed by atoms with Crippen molar-refractivity contribution in [1.29, 1.82) is 0 Å². The number of hydrogen-bond donors (Lipinski definition) is 1. The van der Waals surface area contributed by atoms with E-state index >= 15 is 0 Å². The first-order chi connectivity index (χ1) is 30.2. The zero-order chi connectivity index (χ0) is 42.2. The molecule has 0 bridgehead atoms. The van der Waals surface area contributed by atoms with Gasteiger partial charge in [0.25, 0.3) is 0 Å². The molecule has 0 fully saturated rings. The fraction of sp³-hybridized carbons (Fsp3) is 0.138. The molecule has 8 aromatic carbocycles. The summed E-state index contributed by atoms with van der Waals surface area (Å²) in [6.07, 6.45) is -0.514. The quantitative estimate of drug-likeness (QED) is 0.123. The summed E-state index contributed by atoms with van der Waals surface area (Å²) in [6, 6.07) is 63.2. The highest BCUT2D eigenvalue weighted by Crippen LogP contribution is 2.52. The van der Waals surface area contributed by atoms with Gasteiger partial charge in [-0.15, -0.1) is 0 Å². The van der Waals surface area contributed by atoms with E-state index in [0.29, 0.717) is 6.54 Å². The van der Waals surface area contributed by atoms with Crippen LogP contribution in [0.1, 0.15) is 72.8 Å². The number of hydrogen-bond acceptors (Lipinski definition) is 3.